The molecule has 0 spiro atoms. The molecule has 23 heavy (non-hydrogen) atoms. The van der Waals surface area contributed by atoms with Crippen LogP contribution in [0.1, 0.15) is 59.4 Å². The van der Waals surface area contributed by atoms with Crippen LogP contribution in [0.3, 0.4) is 0 Å². The predicted octanol–water partition coefficient (Wildman–Crippen LogP) is 3.79. The predicted molar refractivity (Wildman–Crippen MR) is 89.6 cm³/mol. The largest absolute Gasteiger partial charge is 0.478 e. The monoisotopic (exact) mass is 305 g/mol. The number of aryl methyl sites for hydroxylation is 1. The summed E-state index contributed by atoms with van der Waals surface area (Å²) in [6, 6.07) is 9.58. The highest BCUT2D eigenvalue weighted by Crippen LogP contribution is 2.36. The lowest BCUT2D eigenvalue weighted by Crippen LogP contribution is -2.23. The van der Waals surface area contributed by atoms with Gasteiger partial charge in [0.1, 0.15) is 5.69 Å². The van der Waals surface area contributed by atoms with E-state index in [-0.39, 0.29) is 11.0 Å². The number of hydrogen-bond acceptors (Lipinski definition) is 2. The fourth-order valence-electron chi connectivity index (χ4n) is 3.09. The second-order valence-electron chi connectivity index (χ2n) is 6.60. The molecule has 1 aromatic heterocycles. The van der Waals surface area contributed by atoms with Gasteiger partial charge in [-0.15, -0.1) is 0 Å². The minimum absolute atomic E-state index is 0.172. The summed E-state index contributed by atoms with van der Waals surface area (Å²) in [7, 11) is 0. The number of aromatic carboxylic acids is 1. The molecule has 0 radical (unpaired) electrons. The molecular formula is C20H19NO2. The molecule has 2 aromatic rings. The van der Waals surface area contributed by atoms with E-state index < -0.39 is 5.97 Å². The lowest BCUT2D eigenvalue weighted by molar-refractivity contribution is 0.0696. The highest BCUT2D eigenvalue weighted by Gasteiger charge is 2.27. The van der Waals surface area contributed by atoms with Crippen LogP contribution in [-0.4, -0.2) is 16.1 Å². The van der Waals surface area contributed by atoms with Crippen molar-refractivity contribution < 1.29 is 9.90 Å². The van der Waals surface area contributed by atoms with Gasteiger partial charge in [0.25, 0.3) is 0 Å². The number of carboxylic acid groups (broad SMARTS) is 1. The Bertz CT molecular complexity index is 808. The topological polar surface area (TPSA) is 50.2 Å². The minimum Gasteiger partial charge on any atom is -0.478 e. The third kappa shape index (κ3) is 3.27. The maximum Gasteiger partial charge on any atom is 0.337 e. The van der Waals surface area contributed by atoms with Crippen molar-refractivity contribution in [3.63, 3.8) is 0 Å². The molecule has 1 heterocycles. The van der Waals surface area contributed by atoms with Gasteiger partial charge in [-0.05, 0) is 66.0 Å². The molecule has 0 atom stereocenters. The van der Waals surface area contributed by atoms with E-state index in [1.165, 1.54) is 36.2 Å². The molecule has 3 heteroatoms. The summed E-state index contributed by atoms with van der Waals surface area (Å²) in [4.78, 5) is 14.9. The van der Waals surface area contributed by atoms with Crippen molar-refractivity contribution in [2.45, 2.75) is 38.5 Å². The van der Waals surface area contributed by atoms with E-state index >= 15 is 0 Å². The molecule has 0 aliphatic heterocycles. The average molecular weight is 305 g/mol. The first-order chi connectivity index (χ1) is 11.0. The van der Waals surface area contributed by atoms with Gasteiger partial charge in [0.2, 0.25) is 0 Å². The third-order valence-corrected chi connectivity index (χ3v) is 4.43. The summed E-state index contributed by atoms with van der Waals surface area (Å²) in [5.41, 5.74) is 4.74. The fraction of sp³-hybridized carbons (Fsp3) is 0.300. The van der Waals surface area contributed by atoms with Gasteiger partial charge in [-0.2, -0.15) is 0 Å². The lowest BCUT2D eigenvalue weighted by atomic mass is 9.72. The number of benzene rings is 1. The van der Waals surface area contributed by atoms with E-state index in [2.05, 4.69) is 48.9 Å². The molecule has 116 valence electrons. The SMILES string of the molecule is CC1(C)CCCc2ccc(C#Cc3ccc(C(=O)O)cn3)cc21. The quantitative estimate of drug-likeness (QED) is 0.815. The van der Waals surface area contributed by atoms with Crippen LogP contribution >= 0.6 is 0 Å². The van der Waals surface area contributed by atoms with E-state index in [1.807, 2.05) is 0 Å². The van der Waals surface area contributed by atoms with Gasteiger partial charge in [-0.1, -0.05) is 25.8 Å². The van der Waals surface area contributed by atoms with E-state index in [4.69, 9.17) is 5.11 Å². The zero-order valence-electron chi connectivity index (χ0n) is 13.4. The first kappa shape index (κ1) is 15.3. The van der Waals surface area contributed by atoms with E-state index in [0.29, 0.717) is 5.69 Å². The molecule has 1 aromatic carbocycles. The molecule has 0 saturated carbocycles. The summed E-state index contributed by atoms with van der Waals surface area (Å²) in [5.74, 6) is 5.17. The number of pyridine rings is 1. The van der Waals surface area contributed by atoms with Crippen molar-refractivity contribution in [1.29, 1.82) is 0 Å². The molecule has 0 unspecified atom stereocenters. The lowest BCUT2D eigenvalue weighted by Gasteiger charge is -2.32. The molecule has 1 aliphatic rings. The van der Waals surface area contributed by atoms with Crippen LogP contribution < -0.4 is 0 Å². The van der Waals surface area contributed by atoms with Crippen LogP contribution in [0.25, 0.3) is 0 Å². The second kappa shape index (κ2) is 5.89. The number of rotatable bonds is 1. The van der Waals surface area contributed by atoms with Crippen molar-refractivity contribution in [3.8, 4) is 11.8 Å². The Morgan fingerprint density at radius 3 is 2.74 bits per heavy atom. The van der Waals surface area contributed by atoms with Crippen LogP contribution in [0, 0.1) is 11.8 Å². The number of hydrogen-bond donors (Lipinski definition) is 1. The van der Waals surface area contributed by atoms with Crippen molar-refractivity contribution in [1.82, 2.24) is 4.98 Å². The Hall–Kier alpha value is -2.60. The van der Waals surface area contributed by atoms with Crippen LogP contribution in [0.4, 0.5) is 0 Å². The van der Waals surface area contributed by atoms with E-state index in [9.17, 15) is 4.79 Å². The first-order valence-electron chi connectivity index (χ1n) is 7.80. The van der Waals surface area contributed by atoms with Crippen molar-refractivity contribution in [2.24, 2.45) is 0 Å². The highest BCUT2D eigenvalue weighted by molar-refractivity contribution is 5.87. The standard InChI is InChI=1S/C20H19NO2/c1-20(2)11-3-4-15-7-5-14(12-18(15)20)6-9-17-10-8-16(13-21-17)19(22)23/h5,7-8,10,12-13H,3-4,11H2,1-2H3,(H,22,23). The first-order valence-corrected chi connectivity index (χ1v) is 7.80. The third-order valence-electron chi connectivity index (χ3n) is 4.43. The number of fused-ring (bicyclic) bond motifs is 1. The van der Waals surface area contributed by atoms with E-state index in [0.717, 1.165) is 12.0 Å². The Morgan fingerprint density at radius 1 is 1.22 bits per heavy atom. The normalized spacial score (nSPS) is 15.2. The summed E-state index contributed by atoms with van der Waals surface area (Å²) < 4.78 is 0. The van der Waals surface area contributed by atoms with Crippen molar-refractivity contribution >= 4 is 5.97 Å². The van der Waals surface area contributed by atoms with Crippen LogP contribution in [0.5, 0.6) is 0 Å². The molecule has 0 saturated heterocycles. The summed E-state index contributed by atoms with van der Waals surface area (Å²) in [6.45, 7) is 4.57. The maximum absolute atomic E-state index is 10.8. The zero-order valence-corrected chi connectivity index (χ0v) is 13.4. The maximum atomic E-state index is 10.8. The number of nitrogens with zero attached hydrogens (tertiary/aromatic N) is 1. The fourth-order valence-corrected chi connectivity index (χ4v) is 3.09. The second-order valence-corrected chi connectivity index (χ2v) is 6.60. The van der Waals surface area contributed by atoms with Gasteiger partial charge >= 0.3 is 5.97 Å². The highest BCUT2D eigenvalue weighted by atomic mass is 16.4. The molecular weight excluding hydrogens is 286 g/mol. The summed E-state index contributed by atoms with van der Waals surface area (Å²) >= 11 is 0. The van der Waals surface area contributed by atoms with Crippen LogP contribution in [0.15, 0.2) is 36.5 Å². The zero-order chi connectivity index (χ0) is 16.4. The molecule has 0 amide bonds. The van der Waals surface area contributed by atoms with Crippen LogP contribution in [-0.2, 0) is 11.8 Å². The van der Waals surface area contributed by atoms with Gasteiger partial charge in [0.15, 0.2) is 0 Å². The van der Waals surface area contributed by atoms with Gasteiger partial charge in [0.05, 0.1) is 5.56 Å². The number of carbonyl (C=O) groups is 1. The molecule has 1 N–H and O–H groups in total. The summed E-state index contributed by atoms with van der Waals surface area (Å²) in [6.07, 6.45) is 4.92. The Balaban J connectivity index is 1.88. The van der Waals surface area contributed by atoms with Gasteiger partial charge < -0.3 is 5.11 Å². The van der Waals surface area contributed by atoms with Gasteiger partial charge in [0, 0.05) is 11.8 Å². The van der Waals surface area contributed by atoms with Gasteiger partial charge in [-0.25, -0.2) is 9.78 Å². The molecule has 0 bridgehead atoms. The average Bonchev–Trinajstić information content (AvgIpc) is 2.53. The molecule has 0 fully saturated rings. The minimum atomic E-state index is -0.978. The number of aromatic nitrogens is 1. The summed E-state index contributed by atoms with van der Waals surface area (Å²) in [5, 5.41) is 8.87. The van der Waals surface area contributed by atoms with Crippen molar-refractivity contribution in [2.75, 3.05) is 0 Å². The Kier molecular flexibility index (Phi) is 3.92. The molecule has 3 rings (SSSR count). The Labute approximate surface area is 136 Å². The van der Waals surface area contributed by atoms with E-state index in [1.54, 1.807) is 6.07 Å². The molecule has 1 aliphatic carbocycles. The number of carboxylic acids is 1. The smallest absolute Gasteiger partial charge is 0.337 e. The van der Waals surface area contributed by atoms with Crippen molar-refractivity contribution in [3.05, 3.63) is 64.5 Å². The Morgan fingerprint density at radius 2 is 2.04 bits per heavy atom. The molecule has 3 nitrogen and oxygen atoms in total. The van der Waals surface area contributed by atoms with Gasteiger partial charge in [-0.3, -0.25) is 0 Å². The van der Waals surface area contributed by atoms with Crippen LogP contribution in [0.2, 0.25) is 0 Å².